The summed E-state index contributed by atoms with van der Waals surface area (Å²) in [6, 6.07) is 32.7. The fraction of sp³-hybridized carbons (Fsp3) is 0.250. The molecule has 0 amide bonds. The van der Waals surface area contributed by atoms with E-state index in [1.54, 1.807) is 97.1 Å². The maximum Gasteiger partial charge on any atom is 0.378 e. The first kappa shape index (κ1) is 33.2. The van der Waals surface area contributed by atoms with Gasteiger partial charge in [-0.2, -0.15) is 0 Å². The molecule has 0 saturated heterocycles. The first-order chi connectivity index (χ1) is 20.8. The third kappa shape index (κ3) is 3.80. The Kier molecular flexibility index (Phi) is 8.74. The molecule has 7 nitrogen and oxygen atoms in total. The van der Waals surface area contributed by atoms with Crippen LogP contribution in [0, 0.1) is 20.2 Å². The van der Waals surface area contributed by atoms with Crippen molar-refractivity contribution in [3.8, 4) is 0 Å². The summed E-state index contributed by atoms with van der Waals surface area (Å²) < 4.78 is 0.151. The van der Waals surface area contributed by atoms with Gasteiger partial charge in [0.1, 0.15) is 9.20 Å². The molecule has 4 aromatic rings. The number of nitro groups is 2. The van der Waals surface area contributed by atoms with E-state index >= 15 is 0 Å². The fourth-order valence-electron chi connectivity index (χ4n) is 6.95. The summed E-state index contributed by atoms with van der Waals surface area (Å²) in [5.41, 5.74) is -3.51. The highest BCUT2D eigenvalue weighted by atomic mass is 79.9. The van der Waals surface area contributed by atoms with Crippen LogP contribution in [0.4, 0.5) is 0 Å². The average molecular weight is 873 g/mol. The standard InChI is InChI=1S/C32H25Br4ClN2O5/c1-27(44-2)30(37,23-16-8-4-9-17-23)28(34,22-14-6-3-7-15-22)29(35,25-20-12-13-21-26(25)33)31(38(40)41,32(27,36)39(42)43)24-18-10-5-11-19-24/h3-21H,1-2H3. The maximum absolute atomic E-state index is 14.3. The van der Waals surface area contributed by atoms with Crippen LogP contribution in [0.5, 0.6) is 0 Å². The van der Waals surface area contributed by atoms with Crippen LogP contribution >= 0.6 is 75.3 Å². The van der Waals surface area contributed by atoms with Crippen molar-refractivity contribution in [2.45, 2.75) is 36.0 Å². The molecule has 1 fully saturated rings. The van der Waals surface area contributed by atoms with Crippen molar-refractivity contribution in [3.63, 3.8) is 0 Å². The minimum atomic E-state index is -2.74. The van der Waals surface area contributed by atoms with Crippen molar-refractivity contribution in [1.29, 1.82) is 0 Å². The van der Waals surface area contributed by atoms with Crippen LogP contribution in [0.1, 0.15) is 29.2 Å². The lowest BCUT2D eigenvalue weighted by Crippen LogP contribution is -2.87. The Morgan fingerprint density at radius 3 is 1.52 bits per heavy atom. The Balaban J connectivity index is 2.23. The van der Waals surface area contributed by atoms with Crippen LogP contribution < -0.4 is 0 Å². The van der Waals surface area contributed by atoms with E-state index in [1.807, 2.05) is 6.07 Å². The van der Waals surface area contributed by atoms with Crippen LogP contribution in [-0.4, -0.2) is 27.0 Å². The van der Waals surface area contributed by atoms with Gasteiger partial charge in [-0.15, -0.1) is 11.6 Å². The predicted octanol–water partition coefficient (Wildman–Crippen LogP) is 9.42. The average Bonchev–Trinajstić information content (AvgIpc) is 3.04. The zero-order valence-electron chi connectivity index (χ0n) is 23.3. The molecule has 0 heterocycles. The van der Waals surface area contributed by atoms with Gasteiger partial charge in [-0.05, 0) is 29.7 Å². The van der Waals surface area contributed by atoms with Crippen LogP contribution in [0.15, 0.2) is 120 Å². The predicted molar refractivity (Wildman–Crippen MR) is 185 cm³/mol. The molecule has 44 heavy (non-hydrogen) atoms. The largest absolute Gasteiger partial charge is 0.378 e. The molecule has 1 saturated carbocycles. The summed E-state index contributed by atoms with van der Waals surface area (Å²) in [4.78, 5) is 24.9. The normalized spacial score (nSPS) is 33.4. The first-order valence-electron chi connectivity index (χ1n) is 13.3. The molecule has 6 atom stereocenters. The fourth-order valence-corrected chi connectivity index (χ4v) is 12.9. The van der Waals surface area contributed by atoms with Gasteiger partial charge in [0.05, 0.1) is 0 Å². The molecule has 5 rings (SSSR count). The van der Waals surface area contributed by atoms with Crippen molar-refractivity contribution in [1.82, 2.24) is 0 Å². The molecule has 1 aliphatic rings. The summed E-state index contributed by atoms with van der Waals surface area (Å²) in [6.07, 6.45) is 0. The zero-order chi connectivity index (χ0) is 32.2. The van der Waals surface area contributed by atoms with E-state index in [1.165, 1.54) is 26.2 Å². The zero-order valence-corrected chi connectivity index (χ0v) is 30.4. The van der Waals surface area contributed by atoms with Crippen molar-refractivity contribution < 1.29 is 14.6 Å². The molecular formula is C32H25Br4ClN2O5. The monoisotopic (exact) mass is 868 g/mol. The van der Waals surface area contributed by atoms with Gasteiger partial charge >= 0.3 is 9.99 Å². The number of halogens is 5. The SMILES string of the molecule is COC1(C)C(Cl)(c2ccccc2)C(Br)(c2ccccc2)C(Br)(c2ccccc2Br)C(c2ccccc2)([N+](=O)[O-])C1(Br)[N+](=O)[O-]. The minimum Gasteiger partial charge on any atom is -0.367 e. The number of alkyl halides is 4. The van der Waals surface area contributed by atoms with E-state index < -0.39 is 39.0 Å². The number of hydrogen-bond acceptors (Lipinski definition) is 5. The lowest BCUT2D eigenvalue weighted by atomic mass is 9.48. The van der Waals surface area contributed by atoms with Crippen molar-refractivity contribution >= 4 is 75.3 Å². The van der Waals surface area contributed by atoms with Gasteiger partial charge < -0.3 is 4.74 Å². The van der Waals surface area contributed by atoms with E-state index in [0.29, 0.717) is 21.2 Å². The van der Waals surface area contributed by atoms with Gasteiger partial charge in [0, 0.05) is 42.9 Å². The molecule has 6 unspecified atom stereocenters. The number of methoxy groups -OCH3 is 1. The Hall–Kier alpha value is -2.15. The molecular weight excluding hydrogens is 847 g/mol. The van der Waals surface area contributed by atoms with Gasteiger partial charge in [0.15, 0.2) is 9.93 Å². The second-order valence-corrected chi connectivity index (χ2v) is 15.6. The van der Waals surface area contributed by atoms with E-state index in [4.69, 9.17) is 16.3 Å². The Bertz CT molecular complexity index is 1720. The molecule has 0 aromatic heterocycles. The number of nitrogens with zero attached hydrogens (tertiary/aromatic N) is 2. The highest BCUT2D eigenvalue weighted by Gasteiger charge is 2.98. The highest BCUT2D eigenvalue weighted by Crippen LogP contribution is 2.82. The number of benzene rings is 4. The number of rotatable bonds is 7. The van der Waals surface area contributed by atoms with Gasteiger partial charge in [0.2, 0.25) is 0 Å². The third-order valence-electron chi connectivity index (χ3n) is 8.93. The van der Waals surface area contributed by atoms with Crippen molar-refractivity contribution in [3.05, 3.63) is 162 Å². The van der Waals surface area contributed by atoms with E-state index in [2.05, 4.69) is 63.7 Å². The van der Waals surface area contributed by atoms with E-state index in [9.17, 15) is 20.2 Å². The molecule has 0 radical (unpaired) electrons. The highest BCUT2D eigenvalue weighted by molar-refractivity contribution is 9.12. The third-order valence-corrected chi connectivity index (χ3v) is 16.1. The number of ether oxygens (including phenoxy) is 1. The van der Waals surface area contributed by atoms with Crippen LogP contribution in [0.3, 0.4) is 0 Å². The molecule has 0 N–H and O–H groups in total. The lowest BCUT2D eigenvalue weighted by molar-refractivity contribution is -0.698. The van der Waals surface area contributed by atoms with Gasteiger partial charge in [-0.1, -0.05) is 157 Å². The smallest absolute Gasteiger partial charge is 0.367 e. The second kappa shape index (κ2) is 11.6. The summed E-state index contributed by atoms with van der Waals surface area (Å²) in [5, 5.41) is 28.2. The Morgan fingerprint density at radius 1 is 0.659 bits per heavy atom. The van der Waals surface area contributed by atoms with Gasteiger partial charge in [-0.25, -0.2) is 0 Å². The molecule has 0 aliphatic heterocycles. The first-order valence-corrected chi connectivity index (χ1v) is 16.8. The van der Waals surface area contributed by atoms with Crippen molar-refractivity contribution in [2.75, 3.05) is 7.11 Å². The molecule has 4 aromatic carbocycles. The van der Waals surface area contributed by atoms with Crippen LogP contribution in [0.2, 0.25) is 0 Å². The summed E-state index contributed by atoms with van der Waals surface area (Å²) in [5.74, 6) is 0. The topological polar surface area (TPSA) is 95.5 Å². The quantitative estimate of drug-likeness (QED) is 0.0799. The Labute approximate surface area is 293 Å². The summed E-state index contributed by atoms with van der Waals surface area (Å²) in [6.45, 7) is 1.46. The van der Waals surface area contributed by atoms with Gasteiger partial charge in [0.25, 0.3) is 0 Å². The molecule has 12 heteroatoms. The second-order valence-electron chi connectivity index (χ2n) is 10.6. The molecule has 1 aliphatic carbocycles. The summed E-state index contributed by atoms with van der Waals surface area (Å²) >= 11 is 23.3. The molecule has 0 spiro atoms. The molecule has 0 bridgehead atoms. The lowest BCUT2D eigenvalue weighted by Gasteiger charge is -2.67. The molecule has 228 valence electrons. The Morgan fingerprint density at radius 2 is 1.09 bits per heavy atom. The van der Waals surface area contributed by atoms with E-state index in [-0.39, 0.29) is 5.56 Å². The van der Waals surface area contributed by atoms with Crippen molar-refractivity contribution in [2.24, 2.45) is 0 Å². The van der Waals surface area contributed by atoms with Crippen LogP contribution in [-0.2, 0) is 23.8 Å². The minimum absolute atomic E-state index is 0.0426. The van der Waals surface area contributed by atoms with Gasteiger partial charge in [-0.3, -0.25) is 20.2 Å². The van der Waals surface area contributed by atoms with Crippen LogP contribution in [0.25, 0.3) is 0 Å². The summed E-state index contributed by atoms with van der Waals surface area (Å²) in [7, 11) is 1.29. The maximum atomic E-state index is 14.3. The number of hydrogen-bond donors (Lipinski definition) is 0. The van der Waals surface area contributed by atoms with E-state index in [0.717, 1.165) is 0 Å².